The van der Waals surface area contributed by atoms with Crippen LogP contribution in [0.3, 0.4) is 0 Å². The Morgan fingerprint density at radius 1 is 1.07 bits per heavy atom. The number of aromatic nitrogens is 1. The predicted molar refractivity (Wildman–Crippen MR) is 109 cm³/mol. The van der Waals surface area contributed by atoms with Crippen molar-refractivity contribution >= 4 is 33.9 Å². The van der Waals surface area contributed by atoms with Crippen LogP contribution in [0.2, 0.25) is 0 Å². The molecule has 1 saturated carbocycles. The third kappa shape index (κ3) is 3.98. The number of nitrogens with zero attached hydrogens (tertiary/aromatic N) is 1. The number of para-hydroxylation sites is 1. The summed E-state index contributed by atoms with van der Waals surface area (Å²) in [5, 5.41) is 5.93. The second kappa shape index (κ2) is 8.09. The lowest BCUT2D eigenvalue weighted by atomic mass is 9.84. The molecule has 1 fully saturated rings. The van der Waals surface area contributed by atoms with E-state index >= 15 is 0 Å². The van der Waals surface area contributed by atoms with Crippen molar-refractivity contribution in [3.05, 3.63) is 58.4 Å². The van der Waals surface area contributed by atoms with Crippen molar-refractivity contribution in [1.82, 2.24) is 9.88 Å². The Hall–Kier alpha value is -2.40. The first-order valence-corrected chi connectivity index (χ1v) is 10.5. The van der Waals surface area contributed by atoms with Gasteiger partial charge < -0.3 is 9.88 Å². The van der Waals surface area contributed by atoms with Crippen LogP contribution in [0.15, 0.2) is 48.0 Å². The van der Waals surface area contributed by atoms with Gasteiger partial charge in [-0.1, -0.05) is 43.5 Å². The summed E-state index contributed by atoms with van der Waals surface area (Å²) in [6.45, 7) is 0.771. The summed E-state index contributed by atoms with van der Waals surface area (Å²) in [6.07, 6.45) is 7.36. The molecule has 140 valence electrons. The van der Waals surface area contributed by atoms with E-state index in [1.165, 1.54) is 6.42 Å². The number of Topliss-reactive ketones (excluding diaryl/α,β-unsaturated/α-hetero) is 1. The molecular formula is C22H24N2O2S. The third-order valence-electron chi connectivity index (χ3n) is 5.38. The first kappa shape index (κ1) is 18.0. The van der Waals surface area contributed by atoms with E-state index in [0.717, 1.165) is 47.0 Å². The lowest BCUT2D eigenvalue weighted by Crippen LogP contribution is -2.26. The number of hydrogen-bond acceptors (Lipinski definition) is 3. The van der Waals surface area contributed by atoms with Gasteiger partial charge in [-0.2, -0.15) is 0 Å². The number of benzene rings is 1. The summed E-state index contributed by atoms with van der Waals surface area (Å²) < 4.78 is 1.91. The average molecular weight is 381 g/mol. The quantitative estimate of drug-likeness (QED) is 0.626. The van der Waals surface area contributed by atoms with Crippen molar-refractivity contribution in [2.24, 2.45) is 5.92 Å². The second-order valence-corrected chi connectivity index (χ2v) is 8.28. The maximum absolute atomic E-state index is 13.1. The maximum atomic E-state index is 13.1. The van der Waals surface area contributed by atoms with Crippen molar-refractivity contribution < 1.29 is 9.59 Å². The van der Waals surface area contributed by atoms with Crippen molar-refractivity contribution in [3.8, 4) is 0 Å². The summed E-state index contributed by atoms with van der Waals surface area (Å²) >= 11 is 1.63. The van der Waals surface area contributed by atoms with Gasteiger partial charge in [0, 0.05) is 33.5 Å². The molecule has 1 amide bonds. The van der Waals surface area contributed by atoms with E-state index in [0.29, 0.717) is 6.54 Å². The number of carbonyl (C=O) groups excluding carboxylic acids is 2. The Morgan fingerprint density at radius 3 is 2.67 bits per heavy atom. The zero-order valence-electron chi connectivity index (χ0n) is 15.3. The fourth-order valence-corrected chi connectivity index (χ4v) is 4.61. The van der Waals surface area contributed by atoms with Gasteiger partial charge in [-0.3, -0.25) is 9.59 Å². The number of thiophene rings is 1. The van der Waals surface area contributed by atoms with Crippen molar-refractivity contribution in [1.29, 1.82) is 0 Å². The molecule has 0 bridgehead atoms. The van der Waals surface area contributed by atoms with E-state index in [1.807, 2.05) is 52.5 Å². The molecule has 1 aliphatic carbocycles. The number of ketones is 1. The number of rotatable bonds is 6. The largest absolute Gasteiger partial charge is 0.350 e. The number of carbonyl (C=O) groups is 2. The van der Waals surface area contributed by atoms with E-state index in [2.05, 4.69) is 5.32 Å². The number of amides is 1. The Bertz CT molecular complexity index is 937. The molecule has 0 spiro atoms. The molecule has 3 aromatic rings. The standard InChI is InChI=1S/C22H24N2O2S/c25-21(23-13-17-9-6-12-27-17)15-24-14-19(18-10-4-5-11-20(18)24)22(26)16-7-2-1-3-8-16/h4-6,9-12,14,16H,1-3,7-8,13,15H2,(H,23,25). The minimum absolute atomic E-state index is 0.0409. The zero-order valence-corrected chi connectivity index (χ0v) is 16.1. The van der Waals surface area contributed by atoms with Crippen molar-refractivity contribution in [2.45, 2.75) is 45.2 Å². The Balaban J connectivity index is 1.54. The van der Waals surface area contributed by atoms with Crippen LogP contribution in [0.1, 0.15) is 47.3 Å². The third-order valence-corrected chi connectivity index (χ3v) is 6.26. The fourth-order valence-electron chi connectivity index (χ4n) is 3.97. The summed E-state index contributed by atoms with van der Waals surface area (Å²) in [6, 6.07) is 11.9. The molecular weight excluding hydrogens is 356 g/mol. The minimum Gasteiger partial charge on any atom is -0.350 e. The topological polar surface area (TPSA) is 51.1 Å². The number of hydrogen-bond donors (Lipinski definition) is 1. The second-order valence-electron chi connectivity index (χ2n) is 7.24. The van der Waals surface area contributed by atoms with Gasteiger partial charge in [0.05, 0.1) is 6.54 Å². The molecule has 5 heteroatoms. The highest BCUT2D eigenvalue weighted by Gasteiger charge is 2.25. The molecule has 0 atom stereocenters. The highest BCUT2D eigenvalue weighted by atomic mass is 32.1. The molecule has 4 rings (SSSR count). The van der Waals surface area contributed by atoms with E-state index in [-0.39, 0.29) is 24.2 Å². The summed E-state index contributed by atoms with van der Waals surface area (Å²) in [7, 11) is 0. The van der Waals surface area contributed by atoms with Crippen LogP contribution >= 0.6 is 11.3 Å². The SMILES string of the molecule is O=C(Cn1cc(C(=O)C2CCCCC2)c2ccccc21)NCc1cccs1. The summed E-state index contributed by atoms with van der Waals surface area (Å²) in [4.78, 5) is 26.6. The van der Waals surface area contributed by atoms with E-state index < -0.39 is 0 Å². The normalized spacial score (nSPS) is 15.1. The molecule has 0 aliphatic heterocycles. The first-order valence-electron chi connectivity index (χ1n) is 9.63. The van der Waals surface area contributed by atoms with Gasteiger partial charge in [-0.25, -0.2) is 0 Å². The lowest BCUT2D eigenvalue weighted by molar-refractivity contribution is -0.121. The van der Waals surface area contributed by atoms with Gasteiger partial charge in [-0.05, 0) is 30.4 Å². The van der Waals surface area contributed by atoms with Crippen LogP contribution in [0.4, 0.5) is 0 Å². The molecule has 27 heavy (non-hydrogen) atoms. The van der Waals surface area contributed by atoms with Crippen LogP contribution in [-0.4, -0.2) is 16.3 Å². The Kier molecular flexibility index (Phi) is 5.39. The lowest BCUT2D eigenvalue weighted by Gasteiger charge is -2.19. The molecule has 1 N–H and O–H groups in total. The van der Waals surface area contributed by atoms with Crippen molar-refractivity contribution in [2.75, 3.05) is 0 Å². The van der Waals surface area contributed by atoms with Gasteiger partial charge >= 0.3 is 0 Å². The molecule has 4 nitrogen and oxygen atoms in total. The van der Waals surface area contributed by atoms with Gasteiger partial charge in [0.2, 0.25) is 5.91 Å². The van der Waals surface area contributed by atoms with Crippen LogP contribution in [0, 0.1) is 5.92 Å². The number of fused-ring (bicyclic) bond motifs is 1. The van der Waals surface area contributed by atoms with Crippen LogP contribution < -0.4 is 5.32 Å². The zero-order chi connectivity index (χ0) is 18.6. The fraction of sp³-hybridized carbons (Fsp3) is 0.364. The molecule has 1 aromatic carbocycles. The highest BCUT2D eigenvalue weighted by molar-refractivity contribution is 7.09. The first-order chi connectivity index (χ1) is 13.2. The van der Waals surface area contributed by atoms with Gasteiger partial charge in [0.25, 0.3) is 0 Å². The molecule has 1 aliphatic rings. The highest BCUT2D eigenvalue weighted by Crippen LogP contribution is 2.30. The Labute approximate surface area is 163 Å². The van der Waals surface area contributed by atoms with Crippen LogP contribution in [0.5, 0.6) is 0 Å². The predicted octanol–water partition coefficient (Wildman–Crippen LogP) is 4.78. The monoisotopic (exact) mass is 380 g/mol. The molecule has 2 heterocycles. The van der Waals surface area contributed by atoms with Crippen LogP contribution in [0.25, 0.3) is 10.9 Å². The molecule has 2 aromatic heterocycles. The van der Waals surface area contributed by atoms with E-state index in [4.69, 9.17) is 0 Å². The summed E-state index contributed by atoms with van der Waals surface area (Å²) in [5.74, 6) is 0.329. The molecule has 0 radical (unpaired) electrons. The van der Waals surface area contributed by atoms with Gasteiger partial charge in [0.15, 0.2) is 5.78 Å². The Morgan fingerprint density at radius 2 is 1.89 bits per heavy atom. The number of nitrogens with one attached hydrogen (secondary N) is 1. The van der Waals surface area contributed by atoms with E-state index in [1.54, 1.807) is 11.3 Å². The average Bonchev–Trinajstić information content (AvgIpc) is 3.35. The van der Waals surface area contributed by atoms with Gasteiger partial charge in [0.1, 0.15) is 6.54 Å². The van der Waals surface area contributed by atoms with Crippen molar-refractivity contribution in [3.63, 3.8) is 0 Å². The van der Waals surface area contributed by atoms with Gasteiger partial charge in [-0.15, -0.1) is 11.3 Å². The summed E-state index contributed by atoms with van der Waals surface area (Å²) in [5.41, 5.74) is 1.71. The molecule has 0 unspecified atom stereocenters. The minimum atomic E-state index is -0.0409. The molecule has 0 saturated heterocycles. The smallest absolute Gasteiger partial charge is 0.240 e. The maximum Gasteiger partial charge on any atom is 0.240 e. The van der Waals surface area contributed by atoms with Crippen LogP contribution in [-0.2, 0) is 17.9 Å². The van der Waals surface area contributed by atoms with E-state index in [9.17, 15) is 9.59 Å².